The molecule has 18 heavy (non-hydrogen) atoms. The minimum atomic E-state index is -0.575. The van der Waals surface area contributed by atoms with Crippen molar-refractivity contribution < 1.29 is 14.6 Å². The minimum Gasteiger partial charge on any atom is -0.393 e. The van der Waals surface area contributed by atoms with Gasteiger partial charge in [0.25, 0.3) is 0 Å². The smallest absolute Gasteiger partial charge is 0.195 e. The Morgan fingerprint density at radius 1 is 1.33 bits per heavy atom. The third-order valence-corrected chi connectivity index (χ3v) is 6.69. The van der Waals surface area contributed by atoms with Gasteiger partial charge in [0.15, 0.2) is 5.79 Å². The summed E-state index contributed by atoms with van der Waals surface area (Å²) in [5.41, 5.74) is 0.915. The van der Waals surface area contributed by atoms with E-state index in [-0.39, 0.29) is 23.5 Å². The van der Waals surface area contributed by atoms with Crippen LogP contribution in [0, 0.1) is 10.8 Å². The van der Waals surface area contributed by atoms with Crippen LogP contribution >= 0.6 is 0 Å². The number of fused-ring (bicyclic) bond motifs is 1. The fraction of sp³-hybridized carbons (Fsp3) is 0.867. The lowest BCUT2D eigenvalue weighted by atomic mass is 9.53. The molecule has 2 saturated heterocycles. The molecule has 0 amide bonds. The van der Waals surface area contributed by atoms with Crippen LogP contribution < -0.4 is 0 Å². The Labute approximate surface area is 108 Å². The fourth-order valence-corrected chi connectivity index (χ4v) is 5.25. The van der Waals surface area contributed by atoms with E-state index in [2.05, 4.69) is 26.8 Å². The van der Waals surface area contributed by atoms with Crippen molar-refractivity contribution in [3.8, 4) is 0 Å². The lowest BCUT2D eigenvalue weighted by Gasteiger charge is -2.53. The second-order valence-electron chi connectivity index (χ2n) is 7.12. The van der Waals surface area contributed by atoms with Gasteiger partial charge in [0.2, 0.25) is 0 Å². The van der Waals surface area contributed by atoms with E-state index in [1.54, 1.807) is 0 Å². The maximum Gasteiger partial charge on any atom is 0.195 e. The van der Waals surface area contributed by atoms with Crippen LogP contribution in [0.3, 0.4) is 0 Å². The van der Waals surface area contributed by atoms with Gasteiger partial charge in [-0.3, -0.25) is 0 Å². The molecular formula is C15H22O3. The first-order valence-electron chi connectivity index (χ1n) is 7.10. The molecule has 2 aliphatic heterocycles. The standard InChI is InChI=1S/C15H22O3/c1-10-4-6-13(3)12(2)7-5-11-14(12,9-16)18-15(13,8-10)17-11/h8,11,16H,4-7,9H2,1-3H3/t11-,12+,13-,14-,15?/m1/s1. The third-order valence-electron chi connectivity index (χ3n) is 6.69. The third kappa shape index (κ3) is 0.825. The molecule has 2 heterocycles. The van der Waals surface area contributed by atoms with E-state index in [1.165, 1.54) is 5.57 Å². The summed E-state index contributed by atoms with van der Waals surface area (Å²) in [5.74, 6) is -0.575. The Morgan fingerprint density at radius 3 is 2.83 bits per heavy atom. The summed E-state index contributed by atoms with van der Waals surface area (Å²) in [7, 11) is 0. The summed E-state index contributed by atoms with van der Waals surface area (Å²) in [4.78, 5) is 0. The number of aliphatic hydroxyl groups excluding tert-OH is 1. The Kier molecular flexibility index (Phi) is 1.82. The van der Waals surface area contributed by atoms with Gasteiger partial charge in [-0.1, -0.05) is 19.4 Å². The monoisotopic (exact) mass is 250 g/mol. The predicted molar refractivity (Wildman–Crippen MR) is 66.9 cm³/mol. The van der Waals surface area contributed by atoms with Gasteiger partial charge in [-0.15, -0.1) is 0 Å². The highest BCUT2D eigenvalue weighted by molar-refractivity contribution is 5.34. The first-order valence-corrected chi connectivity index (χ1v) is 7.10. The molecule has 1 unspecified atom stereocenters. The highest BCUT2D eigenvalue weighted by atomic mass is 16.8. The van der Waals surface area contributed by atoms with E-state index in [4.69, 9.17) is 9.47 Å². The SMILES string of the molecule is CC1=CC23O[C@@H]4CC[C@@](C)([C@@]2(C)CC1)[C@]4(CO)O3. The molecular weight excluding hydrogens is 228 g/mol. The first-order chi connectivity index (χ1) is 8.43. The summed E-state index contributed by atoms with van der Waals surface area (Å²) in [6, 6.07) is 0. The van der Waals surface area contributed by atoms with E-state index < -0.39 is 11.4 Å². The first kappa shape index (κ1) is 11.4. The largest absolute Gasteiger partial charge is 0.393 e. The lowest BCUT2D eigenvalue weighted by Crippen LogP contribution is -2.60. The van der Waals surface area contributed by atoms with Gasteiger partial charge in [0.1, 0.15) is 5.60 Å². The lowest BCUT2D eigenvalue weighted by molar-refractivity contribution is -0.199. The molecule has 0 radical (unpaired) electrons. The summed E-state index contributed by atoms with van der Waals surface area (Å²) in [6.07, 6.45) is 6.59. The summed E-state index contributed by atoms with van der Waals surface area (Å²) in [5, 5.41) is 9.99. The summed E-state index contributed by atoms with van der Waals surface area (Å²) in [6.45, 7) is 6.85. The van der Waals surface area contributed by atoms with Crippen LogP contribution in [0.2, 0.25) is 0 Å². The van der Waals surface area contributed by atoms with Gasteiger partial charge in [-0.25, -0.2) is 0 Å². The molecule has 1 spiro atoms. The van der Waals surface area contributed by atoms with Crippen molar-refractivity contribution >= 4 is 0 Å². The van der Waals surface area contributed by atoms with Gasteiger partial charge < -0.3 is 14.6 Å². The van der Waals surface area contributed by atoms with Crippen molar-refractivity contribution in [3.05, 3.63) is 11.6 Å². The van der Waals surface area contributed by atoms with Crippen LogP contribution in [0.1, 0.15) is 46.5 Å². The zero-order valence-electron chi connectivity index (χ0n) is 11.5. The summed E-state index contributed by atoms with van der Waals surface area (Å²) < 4.78 is 12.7. The van der Waals surface area contributed by atoms with Crippen molar-refractivity contribution in [2.75, 3.05) is 6.61 Å². The molecule has 3 fully saturated rings. The van der Waals surface area contributed by atoms with Crippen LogP contribution in [0.5, 0.6) is 0 Å². The average Bonchev–Trinajstić information content (AvgIpc) is 2.82. The topological polar surface area (TPSA) is 38.7 Å². The van der Waals surface area contributed by atoms with Gasteiger partial charge in [-0.2, -0.15) is 0 Å². The number of allylic oxidation sites excluding steroid dienone is 1. The average molecular weight is 250 g/mol. The molecule has 0 aromatic carbocycles. The highest BCUT2D eigenvalue weighted by Gasteiger charge is 2.84. The maximum atomic E-state index is 9.99. The van der Waals surface area contributed by atoms with Crippen molar-refractivity contribution in [2.45, 2.75) is 63.9 Å². The molecule has 4 rings (SSSR count). The highest BCUT2D eigenvalue weighted by Crippen LogP contribution is 2.77. The second kappa shape index (κ2) is 2.87. The Morgan fingerprint density at radius 2 is 2.11 bits per heavy atom. The molecule has 3 heteroatoms. The maximum absolute atomic E-state index is 9.99. The van der Waals surface area contributed by atoms with Crippen molar-refractivity contribution in [1.29, 1.82) is 0 Å². The number of hydrogen-bond donors (Lipinski definition) is 1. The molecule has 3 nitrogen and oxygen atoms in total. The molecule has 1 N–H and O–H groups in total. The van der Waals surface area contributed by atoms with E-state index in [1.807, 2.05) is 0 Å². The minimum absolute atomic E-state index is 0.00472. The van der Waals surface area contributed by atoms with Crippen molar-refractivity contribution in [1.82, 2.24) is 0 Å². The van der Waals surface area contributed by atoms with Crippen LogP contribution in [-0.2, 0) is 9.47 Å². The van der Waals surface area contributed by atoms with E-state index in [0.717, 1.165) is 25.7 Å². The second-order valence-corrected chi connectivity index (χ2v) is 7.12. The number of aliphatic hydroxyl groups is 1. The molecule has 2 aliphatic carbocycles. The van der Waals surface area contributed by atoms with Gasteiger partial charge >= 0.3 is 0 Å². The predicted octanol–water partition coefficient (Wildman–Crippen LogP) is 2.39. The van der Waals surface area contributed by atoms with Crippen molar-refractivity contribution in [3.63, 3.8) is 0 Å². The van der Waals surface area contributed by atoms with Gasteiger partial charge in [0, 0.05) is 10.8 Å². The Balaban J connectivity index is 1.98. The van der Waals surface area contributed by atoms with Crippen LogP contribution in [0.4, 0.5) is 0 Å². The zero-order valence-corrected chi connectivity index (χ0v) is 11.5. The van der Waals surface area contributed by atoms with E-state index >= 15 is 0 Å². The van der Waals surface area contributed by atoms with Gasteiger partial charge in [-0.05, 0) is 38.7 Å². The van der Waals surface area contributed by atoms with Crippen molar-refractivity contribution in [2.24, 2.45) is 10.8 Å². The summed E-state index contributed by atoms with van der Waals surface area (Å²) >= 11 is 0. The fourth-order valence-electron chi connectivity index (χ4n) is 5.25. The van der Waals surface area contributed by atoms with Gasteiger partial charge in [0.05, 0.1) is 12.7 Å². The number of ether oxygens (including phenoxy) is 2. The molecule has 2 bridgehead atoms. The molecule has 100 valence electrons. The van der Waals surface area contributed by atoms with Crippen LogP contribution in [0.15, 0.2) is 11.6 Å². The molecule has 0 aromatic rings. The normalized spacial score (nSPS) is 60.9. The van der Waals surface area contributed by atoms with Crippen LogP contribution in [0.25, 0.3) is 0 Å². The Hall–Kier alpha value is -0.380. The molecule has 4 aliphatic rings. The quantitative estimate of drug-likeness (QED) is 0.726. The Bertz CT molecular complexity index is 459. The number of rotatable bonds is 1. The number of hydrogen-bond acceptors (Lipinski definition) is 3. The van der Waals surface area contributed by atoms with E-state index in [0.29, 0.717) is 0 Å². The molecule has 5 atom stereocenters. The van der Waals surface area contributed by atoms with Crippen LogP contribution in [-0.4, -0.2) is 29.2 Å². The van der Waals surface area contributed by atoms with E-state index in [9.17, 15) is 5.11 Å². The zero-order chi connectivity index (χ0) is 12.8. The molecule has 0 aromatic heterocycles. The molecule has 1 saturated carbocycles.